The summed E-state index contributed by atoms with van der Waals surface area (Å²) < 4.78 is 0. The smallest absolute Gasteiger partial charge is 0.217 e. The molecule has 0 spiro atoms. The molecular formula is C12H24N2O. The highest BCUT2D eigenvalue weighted by Gasteiger charge is 2.19. The zero-order valence-corrected chi connectivity index (χ0v) is 10.3. The van der Waals surface area contributed by atoms with Crippen molar-refractivity contribution in [3.05, 3.63) is 0 Å². The van der Waals surface area contributed by atoms with Crippen molar-refractivity contribution < 1.29 is 4.79 Å². The molecule has 15 heavy (non-hydrogen) atoms. The minimum Gasteiger partial charge on any atom is -0.352 e. The summed E-state index contributed by atoms with van der Waals surface area (Å²) >= 11 is 0. The number of nitrogens with one attached hydrogen (secondary N) is 1. The normalized spacial score (nSPS) is 20.3. The van der Waals surface area contributed by atoms with E-state index in [9.17, 15) is 4.79 Å². The van der Waals surface area contributed by atoms with Crippen LogP contribution in [0.3, 0.4) is 0 Å². The Kier molecular flexibility index (Phi) is 5.09. The van der Waals surface area contributed by atoms with Crippen molar-refractivity contribution >= 4 is 5.91 Å². The summed E-state index contributed by atoms with van der Waals surface area (Å²) in [7, 11) is 0. The molecule has 0 aliphatic carbocycles. The van der Waals surface area contributed by atoms with Crippen LogP contribution in [0.4, 0.5) is 0 Å². The molecule has 0 aromatic heterocycles. The standard InChI is InChI=1S/C12H24N2O/c1-10(2)12(13-11(3)15)9-14-7-5-4-6-8-14/h10,12H,4-9H2,1-3H3,(H,13,15)/t12-/m0/s1. The molecule has 88 valence electrons. The monoisotopic (exact) mass is 212 g/mol. The molecule has 1 amide bonds. The minimum absolute atomic E-state index is 0.0886. The van der Waals surface area contributed by atoms with E-state index in [1.54, 1.807) is 6.92 Å². The molecule has 1 saturated heterocycles. The summed E-state index contributed by atoms with van der Waals surface area (Å²) in [6.07, 6.45) is 3.98. The maximum absolute atomic E-state index is 11.1. The van der Waals surface area contributed by atoms with Crippen molar-refractivity contribution in [3.8, 4) is 0 Å². The first-order valence-corrected chi connectivity index (χ1v) is 6.09. The fourth-order valence-corrected chi connectivity index (χ4v) is 2.10. The van der Waals surface area contributed by atoms with E-state index in [1.807, 2.05) is 0 Å². The number of amides is 1. The van der Waals surface area contributed by atoms with E-state index in [4.69, 9.17) is 0 Å². The predicted octanol–water partition coefficient (Wildman–Crippen LogP) is 1.63. The van der Waals surface area contributed by atoms with Gasteiger partial charge in [0.15, 0.2) is 0 Å². The van der Waals surface area contributed by atoms with Crippen LogP contribution in [0.15, 0.2) is 0 Å². The third-order valence-electron chi connectivity index (χ3n) is 3.10. The summed E-state index contributed by atoms with van der Waals surface area (Å²) in [6, 6.07) is 0.306. The molecule has 1 aliphatic rings. The lowest BCUT2D eigenvalue weighted by molar-refractivity contribution is -0.120. The second-order valence-corrected chi connectivity index (χ2v) is 4.91. The van der Waals surface area contributed by atoms with Crippen LogP contribution in [-0.2, 0) is 4.79 Å². The SMILES string of the molecule is CC(=O)N[C@@H](CN1CCCCC1)C(C)C. The van der Waals surface area contributed by atoms with Crippen LogP contribution in [0.1, 0.15) is 40.0 Å². The van der Waals surface area contributed by atoms with Crippen LogP contribution in [0.2, 0.25) is 0 Å². The van der Waals surface area contributed by atoms with Gasteiger partial charge in [0.25, 0.3) is 0 Å². The molecule has 0 saturated carbocycles. The van der Waals surface area contributed by atoms with Crippen LogP contribution in [0.25, 0.3) is 0 Å². The number of piperidine rings is 1. The first-order valence-electron chi connectivity index (χ1n) is 6.09. The Balaban J connectivity index is 2.38. The minimum atomic E-state index is 0.0886. The Bertz CT molecular complexity index is 198. The maximum Gasteiger partial charge on any atom is 0.217 e. The van der Waals surface area contributed by atoms with Crippen molar-refractivity contribution in [1.82, 2.24) is 10.2 Å². The molecule has 1 fully saturated rings. The lowest BCUT2D eigenvalue weighted by Crippen LogP contribution is -2.47. The molecule has 0 bridgehead atoms. The quantitative estimate of drug-likeness (QED) is 0.768. The Morgan fingerprint density at radius 3 is 2.33 bits per heavy atom. The van der Waals surface area contributed by atoms with Crippen molar-refractivity contribution in [3.63, 3.8) is 0 Å². The molecule has 0 aromatic rings. The van der Waals surface area contributed by atoms with E-state index in [-0.39, 0.29) is 5.91 Å². The largest absolute Gasteiger partial charge is 0.352 e. The molecule has 1 atom stereocenters. The van der Waals surface area contributed by atoms with Gasteiger partial charge in [-0.05, 0) is 31.8 Å². The van der Waals surface area contributed by atoms with Gasteiger partial charge in [-0.3, -0.25) is 4.79 Å². The van der Waals surface area contributed by atoms with Crippen LogP contribution < -0.4 is 5.32 Å². The fourth-order valence-electron chi connectivity index (χ4n) is 2.10. The highest BCUT2D eigenvalue weighted by molar-refractivity contribution is 5.73. The maximum atomic E-state index is 11.1. The molecule has 0 aromatic carbocycles. The lowest BCUT2D eigenvalue weighted by Gasteiger charge is -2.32. The van der Waals surface area contributed by atoms with Gasteiger partial charge in [-0.15, -0.1) is 0 Å². The van der Waals surface area contributed by atoms with E-state index in [0.717, 1.165) is 6.54 Å². The predicted molar refractivity (Wildman–Crippen MR) is 62.7 cm³/mol. The van der Waals surface area contributed by atoms with Crippen molar-refractivity contribution in [1.29, 1.82) is 0 Å². The zero-order valence-electron chi connectivity index (χ0n) is 10.3. The van der Waals surface area contributed by atoms with Gasteiger partial charge in [0.1, 0.15) is 0 Å². The van der Waals surface area contributed by atoms with Gasteiger partial charge in [0.05, 0.1) is 0 Å². The topological polar surface area (TPSA) is 32.3 Å². The Morgan fingerprint density at radius 2 is 1.87 bits per heavy atom. The number of hydrogen-bond acceptors (Lipinski definition) is 2. The molecule has 0 unspecified atom stereocenters. The molecular weight excluding hydrogens is 188 g/mol. The average Bonchev–Trinajstić information content (AvgIpc) is 2.17. The van der Waals surface area contributed by atoms with Gasteiger partial charge >= 0.3 is 0 Å². The van der Waals surface area contributed by atoms with Crippen LogP contribution in [0.5, 0.6) is 0 Å². The summed E-state index contributed by atoms with van der Waals surface area (Å²) in [5, 5.41) is 3.05. The van der Waals surface area contributed by atoms with Crippen LogP contribution in [0, 0.1) is 5.92 Å². The second-order valence-electron chi connectivity index (χ2n) is 4.91. The van der Waals surface area contributed by atoms with E-state index in [2.05, 4.69) is 24.1 Å². The van der Waals surface area contributed by atoms with Crippen molar-refractivity contribution in [2.24, 2.45) is 5.92 Å². The molecule has 1 aliphatic heterocycles. The number of rotatable bonds is 4. The molecule has 3 nitrogen and oxygen atoms in total. The van der Waals surface area contributed by atoms with E-state index in [0.29, 0.717) is 12.0 Å². The number of hydrogen-bond donors (Lipinski definition) is 1. The van der Waals surface area contributed by atoms with E-state index in [1.165, 1.54) is 32.4 Å². The summed E-state index contributed by atoms with van der Waals surface area (Å²) in [5.41, 5.74) is 0. The number of carbonyl (C=O) groups is 1. The summed E-state index contributed by atoms with van der Waals surface area (Å²) in [5.74, 6) is 0.599. The molecule has 3 heteroatoms. The molecule has 0 radical (unpaired) electrons. The van der Waals surface area contributed by atoms with E-state index >= 15 is 0 Å². The summed E-state index contributed by atoms with van der Waals surface area (Å²) in [4.78, 5) is 13.5. The summed E-state index contributed by atoms with van der Waals surface area (Å²) in [6.45, 7) is 9.35. The van der Waals surface area contributed by atoms with Crippen LogP contribution in [-0.4, -0.2) is 36.5 Å². The Hall–Kier alpha value is -0.570. The molecule has 1 N–H and O–H groups in total. The fraction of sp³-hybridized carbons (Fsp3) is 0.917. The number of carbonyl (C=O) groups excluding carboxylic acids is 1. The van der Waals surface area contributed by atoms with Gasteiger partial charge in [-0.2, -0.15) is 0 Å². The van der Waals surface area contributed by atoms with Gasteiger partial charge in [-0.25, -0.2) is 0 Å². The zero-order chi connectivity index (χ0) is 11.3. The Morgan fingerprint density at radius 1 is 1.27 bits per heavy atom. The number of nitrogens with zero attached hydrogens (tertiary/aromatic N) is 1. The first kappa shape index (κ1) is 12.5. The number of likely N-dealkylation sites (tertiary alicyclic amines) is 1. The van der Waals surface area contributed by atoms with E-state index < -0.39 is 0 Å². The molecule has 1 heterocycles. The van der Waals surface area contributed by atoms with Gasteiger partial charge in [0.2, 0.25) is 5.91 Å². The highest BCUT2D eigenvalue weighted by Crippen LogP contribution is 2.11. The van der Waals surface area contributed by atoms with Crippen LogP contribution >= 0.6 is 0 Å². The first-order chi connectivity index (χ1) is 7.09. The third-order valence-corrected chi connectivity index (χ3v) is 3.10. The van der Waals surface area contributed by atoms with Gasteiger partial charge in [-0.1, -0.05) is 20.3 Å². The van der Waals surface area contributed by atoms with Crippen molar-refractivity contribution in [2.75, 3.05) is 19.6 Å². The Labute approximate surface area is 93.2 Å². The van der Waals surface area contributed by atoms with Crippen molar-refractivity contribution in [2.45, 2.75) is 46.1 Å². The second kappa shape index (κ2) is 6.11. The van der Waals surface area contributed by atoms with Gasteiger partial charge < -0.3 is 10.2 Å². The average molecular weight is 212 g/mol. The van der Waals surface area contributed by atoms with Gasteiger partial charge in [0, 0.05) is 19.5 Å². The third kappa shape index (κ3) is 4.65. The molecule has 1 rings (SSSR count). The lowest BCUT2D eigenvalue weighted by atomic mass is 10.0. The highest BCUT2D eigenvalue weighted by atomic mass is 16.1.